The molecule has 2 fully saturated rings. The molecule has 28 heavy (non-hydrogen) atoms. The number of esters is 1. The molecule has 150 valence electrons. The van der Waals surface area contributed by atoms with Crippen LogP contribution in [0.1, 0.15) is 51.1 Å². The Balaban J connectivity index is 1.52. The first-order chi connectivity index (χ1) is 13.4. The number of rotatable bonds is 6. The summed E-state index contributed by atoms with van der Waals surface area (Å²) in [6, 6.07) is 8.17. The molecule has 1 saturated carbocycles. The third-order valence-corrected chi connectivity index (χ3v) is 5.63. The van der Waals surface area contributed by atoms with Gasteiger partial charge in [-0.25, -0.2) is 4.79 Å². The van der Waals surface area contributed by atoms with Gasteiger partial charge in [0.25, 0.3) is 5.91 Å². The van der Waals surface area contributed by atoms with Crippen LogP contribution in [0.4, 0.5) is 0 Å². The fraction of sp³-hybridized carbons (Fsp3) is 0.524. The van der Waals surface area contributed by atoms with E-state index in [1.165, 1.54) is 6.92 Å². The highest BCUT2D eigenvalue weighted by molar-refractivity contribution is 6.07. The predicted octanol–water partition coefficient (Wildman–Crippen LogP) is 1.97. The van der Waals surface area contributed by atoms with E-state index in [-0.39, 0.29) is 29.7 Å². The van der Waals surface area contributed by atoms with Gasteiger partial charge in [0, 0.05) is 0 Å². The molecule has 0 aromatic heterocycles. The van der Waals surface area contributed by atoms with Crippen LogP contribution in [0, 0.1) is 11.8 Å². The van der Waals surface area contributed by atoms with E-state index in [4.69, 9.17) is 4.74 Å². The zero-order valence-electron chi connectivity index (χ0n) is 16.2. The number of imide groups is 1. The molecule has 1 N–H and O–H groups in total. The van der Waals surface area contributed by atoms with Gasteiger partial charge in [-0.1, -0.05) is 43.2 Å². The van der Waals surface area contributed by atoms with Gasteiger partial charge in [0.1, 0.15) is 6.04 Å². The summed E-state index contributed by atoms with van der Waals surface area (Å²) < 4.78 is 5.07. The van der Waals surface area contributed by atoms with Crippen LogP contribution in [0.3, 0.4) is 0 Å². The van der Waals surface area contributed by atoms with Gasteiger partial charge < -0.3 is 10.1 Å². The molecule has 3 amide bonds. The van der Waals surface area contributed by atoms with Crippen molar-refractivity contribution in [3.63, 3.8) is 0 Å². The molecule has 4 atom stereocenters. The van der Waals surface area contributed by atoms with Crippen LogP contribution < -0.4 is 5.32 Å². The molecule has 7 heteroatoms. The summed E-state index contributed by atoms with van der Waals surface area (Å²) in [5.74, 6) is -2.40. The Kier molecular flexibility index (Phi) is 6.11. The highest BCUT2D eigenvalue weighted by Crippen LogP contribution is 2.38. The number of ether oxygens (including phenoxy) is 1. The van der Waals surface area contributed by atoms with Crippen LogP contribution >= 0.6 is 0 Å². The van der Waals surface area contributed by atoms with E-state index < -0.39 is 24.5 Å². The molecule has 1 heterocycles. The lowest BCUT2D eigenvalue weighted by molar-refractivity contribution is -0.159. The van der Waals surface area contributed by atoms with Crippen molar-refractivity contribution >= 4 is 23.7 Å². The molecule has 7 nitrogen and oxygen atoms in total. The monoisotopic (exact) mass is 386 g/mol. The first-order valence-electron chi connectivity index (χ1n) is 9.78. The Morgan fingerprint density at radius 1 is 1.07 bits per heavy atom. The maximum absolute atomic E-state index is 12.6. The number of nitrogens with zero attached hydrogens (tertiary/aromatic N) is 1. The second-order valence-corrected chi connectivity index (χ2v) is 7.53. The number of fused-ring (bicyclic) bond motifs is 1. The molecule has 0 radical (unpaired) electrons. The average Bonchev–Trinajstić information content (AvgIpc) is 2.97. The molecular weight excluding hydrogens is 360 g/mol. The average molecular weight is 386 g/mol. The van der Waals surface area contributed by atoms with Crippen molar-refractivity contribution in [1.82, 2.24) is 10.2 Å². The third-order valence-electron chi connectivity index (χ3n) is 5.63. The number of nitrogens with one attached hydrogen (secondary N) is 1. The Bertz CT molecular complexity index is 739. The molecular formula is C21H26N2O5. The second kappa shape index (κ2) is 8.54. The van der Waals surface area contributed by atoms with Crippen LogP contribution in [0.2, 0.25) is 0 Å². The normalized spacial score (nSPS) is 23.7. The molecule has 1 aliphatic heterocycles. The topological polar surface area (TPSA) is 92.8 Å². The van der Waals surface area contributed by atoms with Crippen LogP contribution in [0.15, 0.2) is 30.3 Å². The molecule has 1 saturated heterocycles. The van der Waals surface area contributed by atoms with Gasteiger partial charge in [-0.05, 0) is 32.3 Å². The lowest BCUT2D eigenvalue weighted by Gasteiger charge is -2.21. The molecule has 1 aromatic rings. The van der Waals surface area contributed by atoms with Gasteiger partial charge in [0.15, 0.2) is 6.61 Å². The van der Waals surface area contributed by atoms with Crippen molar-refractivity contribution in [2.75, 3.05) is 6.61 Å². The minimum Gasteiger partial charge on any atom is -0.454 e. The minimum absolute atomic E-state index is 0.227. The maximum Gasteiger partial charge on any atom is 0.329 e. The Morgan fingerprint density at radius 2 is 1.64 bits per heavy atom. The number of hydrogen-bond donors (Lipinski definition) is 1. The van der Waals surface area contributed by atoms with Gasteiger partial charge in [-0.15, -0.1) is 0 Å². The molecule has 0 unspecified atom stereocenters. The summed E-state index contributed by atoms with van der Waals surface area (Å²) in [7, 11) is 0. The quantitative estimate of drug-likeness (QED) is 0.596. The van der Waals surface area contributed by atoms with Crippen LogP contribution in [-0.2, 0) is 23.9 Å². The van der Waals surface area contributed by atoms with Gasteiger partial charge in [0.2, 0.25) is 11.8 Å². The van der Waals surface area contributed by atoms with E-state index in [1.54, 1.807) is 0 Å². The van der Waals surface area contributed by atoms with Crippen molar-refractivity contribution in [3.05, 3.63) is 35.9 Å². The van der Waals surface area contributed by atoms with Crippen molar-refractivity contribution in [1.29, 1.82) is 0 Å². The first kappa shape index (κ1) is 20.0. The summed E-state index contributed by atoms with van der Waals surface area (Å²) in [4.78, 5) is 50.6. The zero-order chi connectivity index (χ0) is 20.3. The van der Waals surface area contributed by atoms with E-state index in [0.717, 1.165) is 23.3 Å². The van der Waals surface area contributed by atoms with Crippen LogP contribution in [0.5, 0.6) is 0 Å². The molecule has 3 rings (SSSR count). The van der Waals surface area contributed by atoms with Crippen molar-refractivity contribution < 1.29 is 23.9 Å². The summed E-state index contributed by atoms with van der Waals surface area (Å²) in [5.41, 5.74) is 0.936. The summed E-state index contributed by atoms with van der Waals surface area (Å²) in [5, 5.41) is 2.75. The number of likely N-dealkylation sites (tertiary alicyclic amines) is 1. The summed E-state index contributed by atoms with van der Waals surface area (Å²) in [6.07, 6.45) is 3.22. The van der Waals surface area contributed by atoms with Gasteiger partial charge in [-0.3, -0.25) is 19.3 Å². The van der Waals surface area contributed by atoms with Crippen molar-refractivity contribution in [2.24, 2.45) is 11.8 Å². The molecule has 1 aliphatic carbocycles. The fourth-order valence-corrected chi connectivity index (χ4v) is 4.04. The number of carbonyl (C=O) groups excluding carboxylic acids is 4. The van der Waals surface area contributed by atoms with E-state index in [9.17, 15) is 19.2 Å². The van der Waals surface area contributed by atoms with Gasteiger partial charge >= 0.3 is 5.97 Å². The minimum atomic E-state index is -1.02. The lowest BCUT2D eigenvalue weighted by atomic mass is 9.81. The fourth-order valence-electron chi connectivity index (χ4n) is 4.04. The van der Waals surface area contributed by atoms with Crippen LogP contribution in [0.25, 0.3) is 0 Å². The first-order valence-corrected chi connectivity index (χ1v) is 9.78. The summed E-state index contributed by atoms with van der Waals surface area (Å²) >= 11 is 0. The van der Waals surface area contributed by atoms with Crippen LogP contribution in [-0.4, -0.2) is 41.2 Å². The van der Waals surface area contributed by atoms with E-state index in [2.05, 4.69) is 5.32 Å². The predicted molar refractivity (Wildman–Crippen MR) is 101 cm³/mol. The number of hydrogen-bond acceptors (Lipinski definition) is 5. The van der Waals surface area contributed by atoms with E-state index in [0.29, 0.717) is 12.8 Å². The van der Waals surface area contributed by atoms with Crippen molar-refractivity contribution in [3.8, 4) is 0 Å². The van der Waals surface area contributed by atoms with E-state index >= 15 is 0 Å². The molecule has 1 aromatic carbocycles. The smallest absolute Gasteiger partial charge is 0.329 e. The van der Waals surface area contributed by atoms with Crippen molar-refractivity contribution in [2.45, 2.75) is 51.6 Å². The standard InChI is InChI=1S/C21H26N2O5/c1-13(15-8-4-3-5-9-15)22-18(24)12-28-21(27)14(2)23-19(25)16-10-6-7-11-17(16)20(23)26/h3-5,8-9,13-14,16-17H,6-7,10-12H2,1-2H3,(H,22,24)/t13-,14-,16-,17+/m0/s1. The Morgan fingerprint density at radius 3 is 2.21 bits per heavy atom. The Hall–Kier alpha value is -2.70. The lowest BCUT2D eigenvalue weighted by Crippen LogP contribution is -2.45. The number of carbonyl (C=O) groups is 4. The zero-order valence-corrected chi connectivity index (χ0v) is 16.2. The second-order valence-electron chi connectivity index (χ2n) is 7.53. The SMILES string of the molecule is C[C@H](NC(=O)COC(=O)[C@H](C)N1C(=O)[C@H]2CCCC[C@H]2C1=O)c1ccccc1. The van der Waals surface area contributed by atoms with Gasteiger partial charge in [0.05, 0.1) is 17.9 Å². The third kappa shape index (κ3) is 4.08. The Labute approximate surface area is 164 Å². The number of benzene rings is 1. The summed E-state index contributed by atoms with van der Waals surface area (Å²) in [6.45, 7) is 2.85. The molecule has 2 aliphatic rings. The molecule has 0 bridgehead atoms. The van der Waals surface area contributed by atoms with E-state index in [1.807, 2.05) is 37.3 Å². The van der Waals surface area contributed by atoms with Gasteiger partial charge in [-0.2, -0.15) is 0 Å². The number of amides is 3. The largest absolute Gasteiger partial charge is 0.454 e. The molecule has 0 spiro atoms. The maximum atomic E-state index is 12.6. The highest BCUT2D eigenvalue weighted by Gasteiger charge is 2.51. The highest BCUT2D eigenvalue weighted by atomic mass is 16.5.